The van der Waals surface area contributed by atoms with Gasteiger partial charge < -0.3 is 5.32 Å². The lowest BCUT2D eigenvalue weighted by Crippen LogP contribution is -2.34. The maximum Gasteiger partial charge on any atom is 0.257 e. The van der Waals surface area contributed by atoms with E-state index in [1.165, 1.54) is 0 Å². The summed E-state index contributed by atoms with van der Waals surface area (Å²) in [7, 11) is 0. The molecule has 0 atom stereocenters. The van der Waals surface area contributed by atoms with Crippen molar-refractivity contribution in [2.75, 3.05) is 5.32 Å². The van der Waals surface area contributed by atoms with Crippen LogP contribution < -0.4 is 10.6 Å². The predicted octanol–water partition coefficient (Wildman–Crippen LogP) is 2.99. The predicted molar refractivity (Wildman–Crippen MR) is 86.0 cm³/mol. The van der Waals surface area contributed by atoms with Crippen molar-refractivity contribution in [2.24, 2.45) is 0 Å². The normalized spacial score (nSPS) is 9.52. The van der Waals surface area contributed by atoms with Crippen LogP contribution in [0.1, 0.15) is 21.5 Å². The third kappa shape index (κ3) is 3.65. The molecule has 0 aliphatic heterocycles. The molecular weight excluding hydrogens is 282 g/mol. The van der Waals surface area contributed by atoms with Crippen molar-refractivity contribution in [1.29, 1.82) is 5.26 Å². The van der Waals surface area contributed by atoms with Crippen molar-refractivity contribution >= 4 is 28.9 Å². The van der Waals surface area contributed by atoms with E-state index in [1.54, 1.807) is 30.3 Å². The van der Waals surface area contributed by atoms with E-state index in [1.807, 2.05) is 25.1 Å². The van der Waals surface area contributed by atoms with E-state index in [-0.39, 0.29) is 11.0 Å². The molecule has 0 aliphatic rings. The van der Waals surface area contributed by atoms with Crippen LogP contribution in [-0.4, -0.2) is 11.0 Å². The summed E-state index contributed by atoms with van der Waals surface area (Å²) >= 11 is 5.11. The summed E-state index contributed by atoms with van der Waals surface area (Å²) in [6.45, 7) is 1.84. The van der Waals surface area contributed by atoms with E-state index in [0.29, 0.717) is 16.8 Å². The lowest BCUT2D eigenvalue weighted by atomic mass is 10.1. The van der Waals surface area contributed by atoms with E-state index in [2.05, 4.69) is 16.7 Å². The van der Waals surface area contributed by atoms with Crippen molar-refractivity contribution in [3.05, 3.63) is 65.2 Å². The lowest BCUT2D eigenvalue weighted by molar-refractivity contribution is 0.0977. The summed E-state index contributed by atoms with van der Waals surface area (Å²) in [4.78, 5) is 12.0. The third-order valence-corrected chi connectivity index (χ3v) is 3.10. The van der Waals surface area contributed by atoms with Gasteiger partial charge in [0.2, 0.25) is 0 Å². The molecule has 0 aromatic heterocycles. The van der Waals surface area contributed by atoms with Gasteiger partial charge in [-0.05, 0) is 42.9 Å². The minimum absolute atomic E-state index is 0.158. The van der Waals surface area contributed by atoms with E-state index in [4.69, 9.17) is 17.5 Å². The number of rotatable bonds is 2. The summed E-state index contributed by atoms with van der Waals surface area (Å²) in [5.41, 5.74) is 2.45. The minimum atomic E-state index is -0.292. The fourth-order valence-corrected chi connectivity index (χ4v) is 2.04. The van der Waals surface area contributed by atoms with Crippen molar-refractivity contribution in [3.8, 4) is 6.07 Å². The molecule has 104 valence electrons. The van der Waals surface area contributed by atoms with E-state index >= 15 is 0 Å². The van der Waals surface area contributed by atoms with Crippen LogP contribution in [0, 0.1) is 18.3 Å². The molecule has 0 spiro atoms. The number of hydrogen-bond acceptors (Lipinski definition) is 3. The monoisotopic (exact) mass is 295 g/mol. The maximum atomic E-state index is 12.0. The number of benzene rings is 2. The topological polar surface area (TPSA) is 64.9 Å². The van der Waals surface area contributed by atoms with Gasteiger partial charge in [-0.15, -0.1) is 0 Å². The summed E-state index contributed by atoms with van der Waals surface area (Å²) in [6.07, 6.45) is 0. The summed E-state index contributed by atoms with van der Waals surface area (Å²) in [5.74, 6) is -0.292. The van der Waals surface area contributed by atoms with Crippen LogP contribution in [0.15, 0.2) is 48.5 Å². The number of carbonyl (C=O) groups is 1. The molecule has 1 amide bonds. The molecule has 2 aromatic carbocycles. The van der Waals surface area contributed by atoms with E-state index < -0.39 is 0 Å². The number of anilines is 1. The van der Waals surface area contributed by atoms with Gasteiger partial charge in [0, 0.05) is 5.56 Å². The quantitative estimate of drug-likeness (QED) is 0.836. The number of thiocarbonyl (C=S) groups is 1. The molecule has 0 aliphatic carbocycles. The van der Waals surface area contributed by atoms with Gasteiger partial charge in [-0.2, -0.15) is 5.26 Å². The fourth-order valence-electron chi connectivity index (χ4n) is 1.84. The highest BCUT2D eigenvalue weighted by atomic mass is 32.1. The molecule has 5 heteroatoms. The zero-order valence-corrected chi connectivity index (χ0v) is 12.2. The molecule has 0 unspecified atom stereocenters. The Morgan fingerprint density at radius 1 is 1.14 bits per heavy atom. The highest BCUT2D eigenvalue weighted by molar-refractivity contribution is 7.80. The average Bonchev–Trinajstić information content (AvgIpc) is 2.48. The Balaban J connectivity index is 2.08. The van der Waals surface area contributed by atoms with E-state index in [0.717, 1.165) is 5.56 Å². The zero-order valence-electron chi connectivity index (χ0n) is 11.4. The first-order chi connectivity index (χ1) is 10.1. The summed E-state index contributed by atoms with van der Waals surface area (Å²) in [6, 6.07) is 16.3. The second kappa shape index (κ2) is 6.64. The number of nitriles is 1. The fraction of sp³-hybridized carbons (Fsp3) is 0.0625. The Labute approximate surface area is 128 Å². The number of carbonyl (C=O) groups excluding carboxylic acids is 1. The average molecular weight is 295 g/mol. The summed E-state index contributed by atoms with van der Waals surface area (Å²) < 4.78 is 0. The Morgan fingerprint density at radius 3 is 2.52 bits per heavy atom. The molecule has 2 aromatic rings. The molecule has 2 N–H and O–H groups in total. The number of hydrogen-bond donors (Lipinski definition) is 2. The smallest absolute Gasteiger partial charge is 0.257 e. The molecule has 0 saturated carbocycles. The Bertz CT molecular complexity index is 720. The molecule has 0 saturated heterocycles. The van der Waals surface area contributed by atoms with Gasteiger partial charge in [0.15, 0.2) is 5.11 Å². The minimum Gasteiger partial charge on any atom is -0.331 e. The van der Waals surface area contributed by atoms with Crippen LogP contribution in [-0.2, 0) is 0 Å². The van der Waals surface area contributed by atoms with Gasteiger partial charge in [-0.25, -0.2) is 0 Å². The molecule has 21 heavy (non-hydrogen) atoms. The molecular formula is C16H13N3OS. The second-order valence-electron chi connectivity index (χ2n) is 4.38. The molecule has 0 fully saturated rings. The standard InChI is InChI=1S/C16H13N3OS/c1-11-6-5-9-14(13(11)10-17)18-16(21)19-15(20)12-7-3-2-4-8-12/h2-9H,1H3,(H2,18,19,20,21). The van der Waals surface area contributed by atoms with Crippen LogP contribution in [0.4, 0.5) is 5.69 Å². The van der Waals surface area contributed by atoms with Crippen LogP contribution >= 0.6 is 12.2 Å². The van der Waals surface area contributed by atoms with Crippen molar-refractivity contribution < 1.29 is 4.79 Å². The number of nitrogens with one attached hydrogen (secondary N) is 2. The Kier molecular flexibility index (Phi) is 4.64. The zero-order chi connectivity index (χ0) is 15.2. The second-order valence-corrected chi connectivity index (χ2v) is 4.79. The van der Waals surface area contributed by atoms with Crippen molar-refractivity contribution in [2.45, 2.75) is 6.92 Å². The summed E-state index contributed by atoms with van der Waals surface area (Å²) in [5, 5.41) is 14.8. The number of aryl methyl sites for hydroxylation is 1. The molecule has 0 heterocycles. The number of nitrogens with zero attached hydrogens (tertiary/aromatic N) is 1. The maximum absolute atomic E-state index is 12.0. The largest absolute Gasteiger partial charge is 0.331 e. The van der Waals surface area contributed by atoms with Gasteiger partial charge in [0.05, 0.1) is 11.3 Å². The first-order valence-corrected chi connectivity index (χ1v) is 6.69. The molecule has 2 rings (SSSR count). The van der Waals surface area contributed by atoms with Crippen molar-refractivity contribution in [3.63, 3.8) is 0 Å². The molecule has 0 radical (unpaired) electrons. The van der Waals surface area contributed by atoms with Crippen LogP contribution in [0.3, 0.4) is 0 Å². The first kappa shape index (κ1) is 14.7. The van der Waals surface area contributed by atoms with Crippen LogP contribution in [0.5, 0.6) is 0 Å². The van der Waals surface area contributed by atoms with Gasteiger partial charge in [-0.3, -0.25) is 10.1 Å². The first-order valence-electron chi connectivity index (χ1n) is 6.29. The van der Waals surface area contributed by atoms with Gasteiger partial charge >= 0.3 is 0 Å². The van der Waals surface area contributed by atoms with Gasteiger partial charge in [0.1, 0.15) is 6.07 Å². The number of amides is 1. The third-order valence-electron chi connectivity index (χ3n) is 2.90. The van der Waals surface area contributed by atoms with E-state index in [9.17, 15) is 4.79 Å². The Morgan fingerprint density at radius 2 is 1.86 bits per heavy atom. The Hall–Kier alpha value is -2.71. The van der Waals surface area contributed by atoms with Gasteiger partial charge in [0.25, 0.3) is 5.91 Å². The SMILES string of the molecule is Cc1cccc(NC(=S)NC(=O)c2ccccc2)c1C#N. The highest BCUT2D eigenvalue weighted by Crippen LogP contribution is 2.18. The lowest BCUT2D eigenvalue weighted by Gasteiger charge is -2.11. The van der Waals surface area contributed by atoms with Crippen molar-refractivity contribution in [1.82, 2.24) is 5.32 Å². The van der Waals surface area contributed by atoms with Gasteiger partial charge in [-0.1, -0.05) is 30.3 Å². The molecule has 4 nitrogen and oxygen atoms in total. The molecule has 0 bridgehead atoms. The van der Waals surface area contributed by atoms with Crippen LogP contribution in [0.25, 0.3) is 0 Å². The highest BCUT2D eigenvalue weighted by Gasteiger charge is 2.10. The van der Waals surface area contributed by atoms with Crippen LogP contribution in [0.2, 0.25) is 0 Å².